The Bertz CT molecular complexity index is 414. The van der Waals surface area contributed by atoms with Crippen molar-refractivity contribution in [3.05, 3.63) is 24.3 Å². The lowest BCUT2D eigenvalue weighted by atomic mass is 10.3. The molecule has 0 radical (unpaired) electrons. The van der Waals surface area contributed by atoms with Crippen LogP contribution in [0.5, 0.6) is 0 Å². The van der Waals surface area contributed by atoms with E-state index in [0.717, 1.165) is 18.5 Å². The van der Waals surface area contributed by atoms with Crippen molar-refractivity contribution in [1.29, 1.82) is 0 Å². The van der Waals surface area contributed by atoms with Gasteiger partial charge in [-0.3, -0.25) is 4.72 Å². The molecule has 1 aromatic carbocycles. The maximum atomic E-state index is 11.0. The van der Waals surface area contributed by atoms with Gasteiger partial charge in [0.25, 0.3) is 0 Å². The van der Waals surface area contributed by atoms with Gasteiger partial charge in [-0.05, 0) is 24.3 Å². The van der Waals surface area contributed by atoms with Crippen molar-refractivity contribution in [1.82, 2.24) is 0 Å². The Labute approximate surface area is 95.9 Å². The molecule has 1 aromatic rings. The molecule has 2 N–H and O–H groups in total. The lowest BCUT2D eigenvalue weighted by molar-refractivity contribution is 0.211. The van der Waals surface area contributed by atoms with Gasteiger partial charge in [-0.15, -0.1) is 0 Å². The molecule has 90 valence electrons. The van der Waals surface area contributed by atoms with Gasteiger partial charge in [0.05, 0.1) is 12.9 Å². The van der Waals surface area contributed by atoms with E-state index in [0.29, 0.717) is 12.3 Å². The molecule has 0 aliphatic carbocycles. The Hall–Kier alpha value is -1.27. The van der Waals surface area contributed by atoms with E-state index in [1.807, 2.05) is 12.1 Å². The van der Waals surface area contributed by atoms with Crippen molar-refractivity contribution in [3.8, 4) is 0 Å². The number of hydrogen-bond acceptors (Lipinski definition) is 4. The average molecular weight is 244 g/mol. The predicted octanol–water partition coefficient (Wildman–Crippen LogP) is 1.12. The summed E-state index contributed by atoms with van der Waals surface area (Å²) in [6, 6.07) is 7.03. The van der Waals surface area contributed by atoms with Crippen molar-refractivity contribution in [3.63, 3.8) is 0 Å². The molecule has 0 saturated heterocycles. The number of methoxy groups -OCH3 is 1. The van der Waals surface area contributed by atoms with Crippen molar-refractivity contribution >= 4 is 21.4 Å². The molecule has 0 heterocycles. The minimum Gasteiger partial charge on any atom is -0.383 e. The van der Waals surface area contributed by atoms with Gasteiger partial charge in [0.1, 0.15) is 0 Å². The molecule has 16 heavy (non-hydrogen) atoms. The minimum absolute atomic E-state index is 0.555. The summed E-state index contributed by atoms with van der Waals surface area (Å²) in [6.07, 6.45) is 1.12. The van der Waals surface area contributed by atoms with E-state index in [1.165, 1.54) is 0 Å². The fourth-order valence-corrected chi connectivity index (χ4v) is 1.73. The second-order valence-electron chi connectivity index (χ2n) is 3.37. The third-order valence-corrected chi connectivity index (χ3v) is 2.43. The topological polar surface area (TPSA) is 67.4 Å². The van der Waals surface area contributed by atoms with Gasteiger partial charge in [-0.1, -0.05) is 0 Å². The summed E-state index contributed by atoms with van der Waals surface area (Å²) >= 11 is 0. The van der Waals surface area contributed by atoms with Crippen LogP contribution in [-0.2, 0) is 14.8 Å². The largest absolute Gasteiger partial charge is 0.383 e. The van der Waals surface area contributed by atoms with Crippen LogP contribution in [0.25, 0.3) is 0 Å². The highest BCUT2D eigenvalue weighted by Gasteiger charge is 2.00. The van der Waals surface area contributed by atoms with E-state index < -0.39 is 10.0 Å². The average Bonchev–Trinajstić information content (AvgIpc) is 2.19. The molecule has 0 aromatic heterocycles. The van der Waals surface area contributed by atoms with Crippen molar-refractivity contribution in [2.75, 3.05) is 36.6 Å². The molecule has 0 aliphatic rings. The lowest BCUT2D eigenvalue weighted by Crippen LogP contribution is -2.10. The third kappa shape index (κ3) is 4.99. The fourth-order valence-electron chi connectivity index (χ4n) is 1.17. The van der Waals surface area contributed by atoms with E-state index in [4.69, 9.17) is 4.74 Å². The van der Waals surface area contributed by atoms with E-state index in [9.17, 15) is 8.42 Å². The lowest BCUT2D eigenvalue weighted by Gasteiger charge is -2.07. The first-order valence-electron chi connectivity index (χ1n) is 4.82. The Morgan fingerprint density at radius 2 is 1.75 bits per heavy atom. The molecule has 0 spiro atoms. The highest BCUT2D eigenvalue weighted by molar-refractivity contribution is 7.92. The molecule has 0 saturated carbocycles. The first kappa shape index (κ1) is 12.8. The van der Waals surface area contributed by atoms with Gasteiger partial charge >= 0.3 is 0 Å². The molecule has 6 heteroatoms. The SMILES string of the molecule is COCCNc1ccc(NS(C)(=O)=O)cc1. The van der Waals surface area contributed by atoms with E-state index >= 15 is 0 Å². The number of ether oxygens (including phenoxy) is 1. The Kier molecular flexibility index (Phi) is 4.57. The first-order valence-corrected chi connectivity index (χ1v) is 6.71. The molecular weight excluding hydrogens is 228 g/mol. The molecule has 5 nitrogen and oxygen atoms in total. The summed E-state index contributed by atoms with van der Waals surface area (Å²) in [5.41, 5.74) is 1.48. The number of nitrogens with one attached hydrogen (secondary N) is 2. The van der Waals surface area contributed by atoms with E-state index in [-0.39, 0.29) is 0 Å². The van der Waals surface area contributed by atoms with Crippen LogP contribution in [0.15, 0.2) is 24.3 Å². The standard InChI is InChI=1S/C10H16N2O3S/c1-15-8-7-11-9-3-5-10(6-4-9)12-16(2,13)14/h3-6,11-12H,7-8H2,1-2H3. The normalized spacial score (nSPS) is 11.1. The Balaban J connectivity index is 2.54. The number of benzene rings is 1. The molecule has 0 aliphatic heterocycles. The molecule has 0 bridgehead atoms. The van der Waals surface area contributed by atoms with Crippen LogP contribution in [0.3, 0.4) is 0 Å². The quantitative estimate of drug-likeness (QED) is 0.736. The van der Waals surface area contributed by atoms with Crippen LogP contribution < -0.4 is 10.0 Å². The van der Waals surface area contributed by atoms with Crippen LogP contribution in [0, 0.1) is 0 Å². The Morgan fingerprint density at radius 1 is 1.19 bits per heavy atom. The van der Waals surface area contributed by atoms with Crippen LogP contribution in [0.1, 0.15) is 0 Å². The predicted molar refractivity (Wildman–Crippen MR) is 65.3 cm³/mol. The van der Waals surface area contributed by atoms with Crippen LogP contribution in [-0.4, -0.2) is 34.9 Å². The number of rotatable bonds is 6. The van der Waals surface area contributed by atoms with Gasteiger partial charge in [0.2, 0.25) is 10.0 Å². The molecule has 0 unspecified atom stereocenters. The zero-order chi connectivity index (χ0) is 12.0. The fraction of sp³-hybridized carbons (Fsp3) is 0.400. The summed E-state index contributed by atoms with van der Waals surface area (Å²) in [5.74, 6) is 0. The third-order valence-electron chi connectivity index (χ3n) is 1.82. The maximum absolute atomic E-state index is 11.0. The second kappa shape index (κ2) is 5.72. The smallest absolute Gasteiger partial charge is 0.229 e. The molecule has 0 atom stereocenters. The van der Waals surface area contributed by atoms with Gasteiger partial charge in [-0.2, -0.15) is 0 Å². The molecular formula is C10H16N2O3S. The molecule has 0 fully saturated rings. The van der Waals surface area contributed by atoms with Gasteiger partial charge in [-0.25, -0.2) is 8.42 Å². The number of anilines is 2. The first-order chi connectivity index (χ1) is 7.51. The van der Waals surface area contributed by atoms with Crippen molar-refractivity contribution < 1.29 is 13.2 Å². The summed E-state index contributed by atoms with van der Waals surface area (Å²) < 4.78 is 29.2. The van der Waals surface area contributed by atoms with Crippen LogP contribution >= 0.6 is 0 Å². The maximum Gasteiger partial charge on any atom is 0.229 e. The van der Waals surface area contributed by atoms with Gasteiger partial charge < -0.3 is 10.1 Å². The number of sulfonamides is 1. The molecule has 1 rings (SSSR count). The van der Waals surface area contributed by atoms with Gasteiger partial charge in [0, 0.05) is 25.0 Å². The van der Waals surface area contributed by atoms with Crippen molar-refractivity contribution in [2.24, 2.45) is 0 Å². The van der Waals surface area contributed by atoms with E-state index in [1.54, 1.807) is 19.2 Å². The summed E-state index contributed by atoms with van der Waals surface area (Å²) in [5, 5.41) is 3.13. The zero-order valence-electron chi connectivity index (χ0n) is 9.36. The van der Waals surface area contributed by atoms with Gasteiger partial charge in [0.15, 0.2) is 0 Å². The highest BCUT2D eigenvalue weighted by atomic mass is 32.2. The van der Waals surface area contributed by atoms with E-state index in [2.05, 4.69) is 10.0 Å². The minimum atomic E-state index is -3.20. The monoisotopic (exact) mass is 244 g/mol. The second-order valence-corrected chi connectivity index (χ2v) is 5.12. The number of hydrogen-bond donors (Lipinski definition) is 2. The van der Waals surface area contributed by atoms with Crippen molar-refractivity contribution in [2.45, 2.75) is 0 Å². The summed E-state index contributed by atoms with van der Waals surface area (Å²) in [6.45, 7) is 1.35. The summed E-state index contributed by atoms with van der Waals surface area (Å²) in [4.78, 5) is 0. The van der Waals surface area contributed by atoms with Crippen LogP contribution in [0.4, 0.5) is 11.4 Å². The van der Waals surface area contributed by atoms with Crippen LogP contribution in [0.2, 0.25) is 0 Å². The molecule has 0 amide bonds. The Morgan fingerprint density at radius 3 is 2.25 bits per heavy atom. The highest BCUT2D eigenvalue weighted by Crippen LogP contribution is 2.13. The summed E-state index contributed by atoms with van der Waals surface area (Å²) in [7, 11) is -1.56. The zero-order valence-corrected chi connectivity index (χ0v) is 10.2.